The van der Waals surface area contributed by atoms with Gasteiger partial charge in [-0.05, 0) is 73.8 Å². The zero-order valence-electron chi connectivity index (χ0n) is 14.3. The summed E-state index contributed by atoms with van der Waals surface area (Å²) in [5.41, 5.74) is 5.60. The molecule has 0 fully saturated rings. The van der Waals surface area contributed by atoms with Gasteiger partial charge in [-0.1, -0.05) is 66.7 Å². The predicted octanol–water partition coefficient (Wildman–Crippen LogP) is 4.68. The molecule has 0 aliphatic rings. The minimum atomic E-state index is -0.516. The van der Waals surface area contributed by atoms with E-state index in [1.807, 2.05) is 0 Å². The predicted molar refractivity (Wildman–Crippen MR) is 104 cm³/mol. The van der Waals surface area contributed by atoms with E-state index in [4.69, 9.17) is 0 Å². The summed E-state index contributed by atoms with van der Waals surface area (Å²) in [7, 11) is -0.516. The van der Waals surface area contributed by atoms with E-state index in [1.54, 1.807) is 0 Å². The highest BCUT2D eigenvalue weighted by Gasteiger charge is 2.20. The van der Waals surface area contributed by atoms with Gasteiger partial charge in [0.15, 0.2) is 0 Å². The first-order chi connectivity index (χ1) is 11.1. The van der Waals surface area contributed by atoms with E-state index in [1.165, 1.54) is 38.2 Å². The summed E-state index contributed by atoms with van der Waals surface area (Å²) < 4.78 is 0. The molecule has 0 heterocycles. The third kappa shape index (κ3) is 3.09. The van der Waals surface area contributed by atoms with Crippen LogP contribution in [0.5, 0.6) is 0 Å². The van der Waals surface area contributed by atoms with Gasteiger partial charge in [-0.2, -0.15) is 0 Å². The molecule has 116 valence electrons. The molecule has 0 aliphatic carbocycles. The van der Waals surface area contributed by atoms with E-state index in [0.29, 0.717) is 0 Å². The minimum absolute atomic E-state index is 0.516. The number of benzene rings is 3. The highest BCUT2D eigenvalue weighted by Crippen LogP contribution is 2.36. The van der Waals surface area contributed by atoms with E-state index in [9.17, 15) is 0 Å². The van der Waals surface area contributed by atoms with Gasteiger partial charge in [-0.3, -0.25) is 0 Å². The Morgan fingerprint density at radius 1 is 0.522 bits per heavy atom. The van der Waals surface area contributed by atoms with Crippen molar-refractivity contribution in [2.24, 2.45) is 0 Å². The molecule has 3 aromatic carbocycles. The maximum atomic E-state index is 2.34. The van der Waals surface area contributed by atoms with Gasteiger partial charge in [0.05, 0.1) is 0 Å². The second-order valence-corrected chi connectivity index (χ2v) is 8.26. The summed E-state index contributed by atoms with van der Waals surface area (Å²) in [4.78, 5) is 0. The van der Waals surface area contributed by atoms with E-state index < -0.39 is 7.92 Å². The van der Waals surface area contributed by atoms with Crippen LogP contribution in [0, 0.1) is 27.7 Å². The fraction of sp³-hybridized carbons (Fsp3) is 0.182. The van der Waals surface area contributed by atoms with Crippen molar-refractivity contribution in [1.29, 1.82) is 0 Å². The smallest absolute Gasteiger partial charge is 0.0119 e. The van der Waals surface area contributed by atoms with Crippen LogP contribution in [0.1, 0.15) is 22.3 Å². The van der Waals surface area contributed by atoms with Gasteiger partial charge >= 0.3 is 0 Å². The standard InChI is InChI=1S/C22H23P/c1-16-14-15-22(19(4)18(16)3)23(20-11-6-5-7-12-20)21-13-9-8-10-17(21)2/h5-15H,1-4H3. The maximum Gasteiger partial charge on any atom is -0.0119 e. The Morgan fingerprint density at radius 3 is 1.87 bits per heavy atom. The van der Waals surface area contributed by atoms with Crippen LogP contribution in [0.2, 0.25) is 0 Å². The Labute approximate surface area is 141 Å². The summed E-state index contributed by atoms with van der Waals surface area (Å²) in [6.07, 6.45) is 0. The minimum Gasteiger partial charge on any atom is -0.0622 e. The van der Waals surface area contributed by atoms with Gasteiger partial charge < -0.3 is 0 Å². The van der Waals surface area contributed by atoms with E-state index in [-0.39, 0.29) is 0 Å². The van der Waals surface area contributed by atoms with Crippen molar-refractivity contribution in [3.63, 3.8) is 0 Å². The zero-order chi connectivity index (χ0) is 16.4. The molecule has 1 heteroatoms. The Balaban J connectivity index is 2.26. The summed E-state index contributed by atoms with van der Waals surface area (Å²) in [5.74, 6) is 0. The Bertz CT molecular complexity index is 819. The SMILES string of the molecule is Cc1ccccc1P(c1ccccc1)c1ccc(C)c(C)c1C. The topological polar surface area (TPSA) is 0 Å². The molecule has 0 saturated carbocycles. The van der Waals surface area contributed by atoms with Crippen molar-refractivity contribution in [2.75, 3.05) is 0 Å². The monoisotopic (exact) mass is 318 g/mol. The Morgan fingerprint density at radius 2 is 1.17 bits per heavy atom. The van der Waals surface area contributed by atoms with Crippen molar-refractivity contribution >= 4 is 23.8 Å². The van der Waals surface area contributed by atoms with Crippen molar-refractivity contribution in [3.8, 4) is 0 Å². The number of aryl methyl sites for hydroxylation is 2. The van der Waals surface area contributed by atoms with Crippen molar-refractivity contribution in [2.45, 2.75) is 27.7 Å². The van der Waals surface area contributed by atoms with Crippen LogP contribution >= 0.6 is 7.92 Å². The quantitative estimate of drug-likeness (QED) is 0.615. The van der Waals surface area contributed by atoms with Crippen LogP contribution < -0.4 is 15.9 Å². The molecule has 0 aliphatic heterocycles. The van der Waals surface area contributed by atoms with E-state index >= 15 is 0 Å². The Hall–Kier alpha value is -1.91. The largest absolute Gasteiger partial charge is 0.0622 e. The van der Waals surface area contributed by atoms with Crippen LogP contribution in [0.3, 0.4) is 0 Å². The molecule has 0 nitrogen and oxygen atoms in total. The average molecular weight is 318 g/mol. The first-order valence-electron chi connectivity index (χ1n) is 8.07. The molecule has 0 spiro atoms. The molecule has 0 aromatic heterocycles. The lowest BCUT2D eigenvalue weighted by atomic mass is 10.1. The molecular formula is C22H23P. The molecule has 3 rings (SSSR count). The van der Waals surface area contributed by atoms with Gasteiger partial charge in [-0.25, -0.2) is 0 Å². The van der Waals surface area contributed by atoms with E-state index in [0.717, 1.165) is 0 Å². The lowest BCUT2D eigenvalue weighted by Crippen LogP contribution is -2.24. The molecule has 23 heavy (non-hydrogen) atoms. The first-order valence-corrected chi connectivity index (χ1v) is 9.41. The molecule has 0 bridgehead atoms. The number of rotatable bonds is 3. The van der Waals surface area contributed by atoms with Gasteiger partial charge in [0, 0.05) is 0 Å². The molecule has 0 N–H and O–H groups in total. The molecule has 0 amide bonds. The summed E-state index contributed by atoms with van der Waals surface area (Å²) >= 11 is 0. The Kier molecular flexibility index (Phi) is 4.64. The second-order valence-electron chi connectivity index (χ2n) is 6.11. The number of hydrogen-bond acceptors (Lipinski definition) is 0. The fourth-order valence-electron chi connectivity index (χ4n) is 2.98. The van der Waals surface area contributed by atoms with Crippen molar-refractivity contribution in [3.05, 3.63) is 89.0 Å². The fourth-order valence-corrected chi connectivity index (χ4v) is 5.66. The zero-order valence-corrected chi connectivity index (χ0v) is 15.2. The summed E-state index contributed by atoms with van der Waals surface area (Å²) in [6.45, 7) is 8.94. The van der Waals surface area contributed by atoms with Gasteiger partial charge in [0.1, 0.15) is 0 Å². The molecule has 0 saturated heterocycles. The van der Waals surface area contributed by atoms with Gasteiger partial charge in [0.25, 0.3) is 0 Å². The highest BCUT2D eigenvalue weighted by molar-refractivity contribution is 7.80. The molecule has 3 aromatic rings. The van der Waals surface area contributed by atoms with Crippen LogP contribution in [0.4, 0.5) is 0 Å². The summed E-state index contributed by atoms with van der Waals surface area (Å²) in [5, 5.41) is 4.35. The maximum absolute atomic E-state index is 2.34. The normalized spacial score (nSPS) is 12.2. The lowest BCUT2D eigenvalue weighted by Gasteiger charge is -2.24. The molecule has 0 radical (unpaired) electrons. The van der Waals surface area contributed by atoms with Gasteiger partial charge in [-0.15, -0.1) is 0 Å². The van der Waals surface area contributed by atoms with Crippen LogP contribution in [-0.2, 0) is 0 Å². The van der Waals surface area contributed by atoms with E-state index in [2.05, 4.69) is 94.4 Å². The lowest BCUT2D eigenvalue weighted by molar-refractivity contribution is 1.28. The van der Waals surface area contributed by atoms with Crippen molar-refractivity contribution < 1.29 is 0 Å². The molecule has 1 unspecified atom stereocenters. The first kappa shape index (κ1) is 16.0. The highest BCUT2D eigenvalue weighted by atomic mass is 31.1. The average Bonchev–Trinajstić information content (AvgIpc) is 2.57. The second kappa shape index (κ2) is 6.69. The van der Waals surface area contributed by atoms with Crippen LogP contribution in [0.15, 0.2) is 66.7 Å². The third-order valence-electron chi connectivity index (χ3n) is 4.64. The van der Waals surface area contributed by atoms with Gasteiger partial charge in [0.2, 0.25) is 0 Å². The third-order valence-corrected chi connectivity index (χ3v) is 7.41. The molecular weight excluding hydrogens is 295 g/mol. The van der Waals surface area contributed by atoms with Crippen molar-refractivity contribution in [1.82, 2.24) is 0 Å². The van der Waals surface area contributed by atoms with Crippen LogP contribution in [0.25, 0.3) is 0 Å². The van der Waals surface area contributed by atoms with Crippen LogP contribution in [-0.4, -0.2) is 0 Å². The summed E-state index contributed by atoms with van der Waals surface area (Å²) in [6, 6.07) is 24.4. The molecule has 1 atom stereocenters. The number of hydrogen-bond donors (Lipinski definition) is 0.